The van der Waals surface area contributed by atoms with Gasteiger partial charge in [0.1, 0.15) is 0 Å². The van der Waals surface area contributed by atoms with Crippen molar-refractivity contribution in [1.82, 2.24) is 24.6 Å². The lowest BCUT2D eigenvalue weighted by atomic mass is 10.0. The second-order valence-corrected chi connectivity index (χ2v) is 9.07. The summed E-state index contributed by atoms with van der Waals surface area (Å²) in [5.41, 5.74) is 2.83. The molecule has 2 aliphatic rings. The molecule has 3 aromatic heterocycles. The Kier molecular flexibility index (Phi) is 5.25. The predicted octanol–water partition coefficient (Wildman–Crippen LogP) is 3.45. The van der Waals surface area contributed by atoms with E-state index in [-0.39, 0.29) is 11.9 Å². The maximum absolute atomic E-state index is 13.0. The highest BCUT2D eigenvalue weighted by Crippen LogP contribution is 2.37. The Morgan fingerprint density at radius 3 is 2.87 bits per heavy atom. The predicted molar refractivity (Wildman–Crippen MR) is 117 cm³/mol. The van der Waals surface area contributed by atoms with E-state index in [9.17, 15) is 4.79 Å². The number of anilines is 1. The van der Waals surface area contributed by atoms with Crippen LogP contribution in [0.2, 0.25) is 0 Å². The number of carbonyl (C=O) groups excluding carboxylic acids is 1. The lowest BCUT2D eigenvalue weighted by molar-refractivity contribution is -0.131. The second-order valence-electron chi connectivity index (χ2n) is 8.04. The zero-order valence-corrected chi connectivity index (χ0v) is 18.0. The summed E-state index contributed by atoms with van der Waals surface area (Å²) in [6.45, 7) is 2.81. The molecule has 156 valence electrons. The fraction of sp³-hybridized carbons (Fsp3) is 0.455. The smallest absolute Gasteiger partial charge is 0.228 e. The van der Waals surface area contributed by atoms with Crippen LogP contribution in [0.25, 0.3) is 11.3 Å². The molecule has 0 bridgehead atoms. The van der Waals surface area contributed by atoms with Crippen LogP contribution in [-0.4, -0.2) is 50.2 Å². The first-order valence-corrected chi connectivity index (χ1v) is 11.5. The normalized spacial score (nSPS) is 19.0. The summed E-state index contributed by atoms with van der Waals surface area (Å²) in [5, 5.41) is 6.80. The minimum absolute atomic E-state index is 0.00105. The van der Waals surface area contributed by atoms with Gasteiger partial charge in [0, 0.05) is 49.5 Å². The monoisotopic (exact) mass is 422 g/mol. The number of carbonyl (C=O) groups is 1. The Hall–Kier alpha value is -2.74. The molecule has 0 aromatic carbocycles. The highest BCUT2D eigenvalue weighted by Gasteiger charge is 2.34. The largest absolute Gasteiger partial charge is 0.341 e. The van der Waals surface area contributed by atoms with Crippen LogP contribution in [-0.2, 0) is 18.3 Å². The fourth-order valence-corrected chi connectivity index (χ4v) is 5.23. The number of rotatable bonds is 5. The molecule has 0 spiro atoms. The van der Waals surface area contributed by atoms with Gasteiger partial charge >= 0.3 is 0 Å². The van der Waals surface area contributed by atoms with Crippen molar-refractivity contribution < 1.29 is 4.79 Å². The minimum Gasteiger partial charge on any atom is -0.341 e. The number of hydrogen-bond donors (Lipinski definition) is 0. The Morgan fingerprint density at radius 2 is 2.07 bits per heavy atom. The summed E-state index contributed by atoms with van der Waals surface area (Å²) in [4.78, 5) is 27.8. The fourth-order valence-electron chi connectivity index (χ4n) is 4.53. The average molecular weight is 423 g/mol. The third-order valence-corrected chi connectivity index (χ3v) is 6.84. The molecule has 1 atom stereocenters. The van der Waals surface area contributed by atoms with E-state index in [1.807, 2.05) is 52.6 Å². The lowest BCUT2D eigenvalue weighted by Crippen LogP contribution is -2.32. The molecule has 0 saturated carbocycles. The third kappa shape index (κ3) is 3.71. The Morgan fingerprint density at radius 1 is 1.20 bits per heavy atom. The van der Waals surface area contributed by atoms with Crippen molar-refractivity contribution in [3.8, 4) is 11.3 Å². The third-order valence-electron chi connectivity index (χ3n) is 5.96. The summed E-state index contributed by atoms with van der Waals surface area (Å²) in [7, 11) is 1.93. The highest BCUT2D eigenvalue weighted by atomic mass is 32.1. The number of nitrogens with zero attached hydrogens (tertiary/aromatic N) is 6. The van der Waals surface area contributed by atoms with E-state index in [1.165, 1.54) is 12.8 Å². The van der Waals surface area contributed by atoms with Crippen LogP contribution >= 0.6 is 11.3 Å². The Balaban J connectivity index is 1.44. The van der Waals surface area contributed by atoms with Gasteiger partial charge < -0.3 is 9.80 Å². The molecule has 2 fully saturated rings. The van der Waals surface area contributed by atoms with Gasteiger partial charge in [-0.2, -0.15) is 5.10 Å². The van der Waals surface area contributed by atoms with Crippen molar-refractivity contribution in [2.24, 2.45) is 7.05 Å². The summed E-state index contributed by atoms with van der Waals surface area (Å²) in [6, 6.07) is 5.98. The molecule has 5 rings (SSSR count). The maximum atomic E-state index is 13.0. The van der Waals surface area contributed by atoms with Gasteiger partial charge in [0.15, 0.2) is 0 Å². The first kappa shape index (κ1) is 19.2. The average Bonchev–Trinajstić information content (AvgIpc) is 3.54. The van der Waals surface area contributed by atoms with Gasteiger partial charge in [0.2, 0.25) is 11.9 Å². The molecule has 3 aromatic rings. The van der Waals surface area contributed by atoms with Gasteiger partial charge in [0.25, 0.3) is 0 Å². The number of thiophene rings is 1. The van der Waals surface area contributed by atoms with Crippen molar-refractivity contribution in [3.05, 3.63) is 46.5 Å². The van der Waals surface area contributed by atoms with Crippen LogP contribution in [0.5, 0.6) is 0 Å². The van der Waals surface area contributed by atoms with Crippen LogP contribution in [0.4, 0.5) is 5.95 Å². The molecular formula is C22H26N6OS. The standard InChI is InChI=1S/C22H26N6OS/c1-26-15-17(18-8-9-23-22(24-18)27-10-2-3-11-27)21(25-26)19-7-4-12-28(19)20(29)14-16-6-5-13-30-16/h5-6,8-9,13,15,19H,2-4,7,10-12,14H2,1H3/t19-/m1/s1. The van der Waals surface area contributed by atoms with E-state index >= 15 is 0 Å². The summed E-state index contributed by atoms with van der Waals surface area (Å²) in [5.74, 6) is 0.967. The van der Waals surface area contributed by atoms with Crippen molar-refractivity contribution in [3.63, 3.8) is 0 Å². The number of aryl methyl sites for hydroxylation is 1. The van der Waals surface area contributed by atoms with E-state index in [2.05, 4.69) is 9.88 Å². The zero-order chi connectivity index (χ0) is 20.5. The van der Waals surface area contributed by atoms with Gasteiger partial charge in [-0.25, -0.2) is 9.97 Å². The van der Waals surface area contributed by atoms with Crippen LogP contribution in [0.3, 0.4) is 0 Å². The summed E-state index contributed by atoms with van der Waals surface area (Å²) < 4.78 is 1.84. The molecule has 2 aliphatic heterocycles. The van der Waals surface area contributed by atoms with E-state index in [1.54, 1.807) is 11.3 Å². The first-order valence-electron chi connectivity index (χ1n) is 10.6. The number of likely N-dealkylation sites (tertiary alicyclic amines) is 1. The van der Waals surface area contributed by atoms with Gasteiger partial charge in [-0.05, 0) is 43.2 Å². The molecule has 0 aliphatic carbocycles. The Labute approximate surface area is 180 Å². The summed E-state index contributed by atoms with van der Waals surface area (Å²) >= 11 is 1.64. The molecule has 1 amide bonds. The van der Waals surface area contributed by atoms with Crippen LogP contribution < -0.4 is 4.90 Å². The number of amides is 1. The number of hydrogen-bond acceptors (Lipinski definition) is 6. The van der Waals surface area contributed by atoms with Gasteiger partial charge in [0.05, 0.1) is 23.9 Å². The van der Waals surface area contributed by atoms with Crippen molar-refractivity contribution in [2.45, 2.75) is 38.1 Å². The van der Waals surface area contributed by atoms with E-state index in [4.69, 9.17) is 10.1 Å². The lowest BCUT2D eigenvalue weighted by Gasteiger charge is -2.24. The molecule has 30 heavy (non-hydrogen) atoms. The summed E-state index contributed by atoms with van der Waals surface area (Å²) in [6.07, 6.45) is 8.63. The zero-order valence-electron chi connectivity index (χ0n) is 17.2. The number of aromatic nitrogens is 4. The van der Waals surface area contributed by atoms with Crippen LogP contribution in [0.1, 0.15) is 42.3 Å². The van der Waals surface area contributed by atoms with Crippen LogP contribution in [0, 0.1) is 0 Å². The molecule has 0 radical (unpaired) electrons. The van der Waals surface area contributed by atoms with E-state index in [0.717, 1.165) is 60.3 Å². The Bertz CT molecular complexity index is 1020. The second kappa shape index (κ2) is 8.18. The quantitative estimate of drug-likeness (QED) is 0.630. The van der Waals surface area contributed by atoms with Gasteiger partial charge in [-0.15, -0.1) is 11.3 Å². The highest BCUT2D eigenvalue weighted by molar-refractivity contribution is 7.10. The van der Waals surface area contributed by atoms with E-state index < -0.39 is 0 Å². The van der Waals surface area contributed by atoms with Gasteiger partial charge in [-0.1, -0.05) is 6.07 Å². The van der Waals surface area contributed by atoms with Crippen molar-refractivity contribution in [2.75, 3.05) is 24.5 Å². The maximum Gasteiger partial charge on any atom is 0.228 e. The SMILES string of the molecule is Cn1cc(-c2ccnc(N3CCCC3)n2)c([C@H]2CCCN2C(=O)Cc2cccs2)n1. The van der Waals surface area contributed by atoms with Crippen LogP contribution in [0.15, 0.2) is 36.0 Å². The molecule has 0 N–H and O–H groups in total. The molecular weight excluding hydrogens is 396 g/mol. The molecule has 2 saturated heterocycles. The van der Waals surface area contributed by atoms with Crippen molar-refractivity contribution in [1.29, 1.82) is 0 Å². The first-order chi connectivity index (χ1) is 14.7. The van der Waals surface area contributed by atoms with E-state index in [0.29, 0.717) is 6.42 Å². The molecule has 5 heterocycles. The topological polar surface area (TPSA) is 67.2 Å². The molecule has 0 unspecified atom stereocenters. The van der Waals surface area contributed by atoms with Crippen molar-refractivity contribution >= 4 is 23.2 Å². The minimum atomic E-state index is -0.00105. The molecule has 8 heteroatoms. The molecule has 7 nitrogen and oxygen atoms in total. The van der Waals surface area contributed by atoms with Gasteiger partial charge in [-0.3, -0.25) is 9.48 Å².